The molecule has 2 aliphatic carbocycles. The number of fused-ring (bicyclic) bond motifs is 2. The summed E-state index contributed by atoms with van der Waals surface area (Å²) >= 11 is 0. The van der Waals surface area contributed by atoms with Crippen molar-refractivity contribution in [2.75, 3.05) is 6.61 Å². The normalized spacial score (nSPS) is 16.5. The van der Waals surface area contributed by atoms with Crippen LogP contribution in [0, 0.1) is 0 Å². The Kier molecular flexibility index (Phi) is 10.3. The Morgan fingerprint density at radius 3 is 1.57 bits per heavy atom. The second-order valence-electron chi connectivity index (χ2n) is 12.0. The minimum atomic E-state index is -1.15. The molecule has 2 aromatic carbocycles. The van der Waals surface area contributed by atoms with Crippen molar-refractivity contribution < 1.29 is 29.6 Å². The van der Waals surface area contributed by atoms with Gasteiger partial charge in [-0.1, -0.05) is 63.5 Å². The minimum Gasteiger partial charge on any atom is -0.506 e. The van der Waals surface area contributed by atoms with Crippen molar-refractivity contribution in [1.82, 2.24) is 9.97 Å². The Morgan fingerprint density at radius 1 is 0.705 bits per heavy atom. The summed E-state index contributed by atoms with van der Waals surface area (Å²) in [7, 11) is 0. The summed E-state index contributed by atoms with van der Waals surface area (Å²) in [5.41, 5.74) is 3.75. The molecule has 0 bridgehead atoms. The first-order chi connectivity index (χ1) is 21.4. The van der Waals surface area contributed by atoms with Crippen LogP contribution in [0.3, 0.4) is 0 Å². The number of esters is 1. The molecule has 0 amide bonds. The number of nitrogens with zero attached hydrogens (tertiary/aromatic N) is 2. The fourth-order valence-corrected chi connectivity index (χ4v) is 6.64. The van der Waals surface area contributed by atoms with Crippen LogP contribution < -0.4 is 0 Å². The molecule has 8 heteroatoms. The Balaban J connectivity index is 0.000000175. The van der Waals surface area contributed by atoms with E-state index in [1.807, 2.05) is 24.3 Å². The van der Waals surface area contributed by atoms with Crippen molar-refractivity contribution in [2.45, 2.75) is 95.8 Å². The summed E-state index contributed by atoms with van der Waals surface area (Å²) in [4.78, 5) is 31.4. The quantitative estimate of drug-likeness (QED) is 0.154. The monoisotopic (exact) mass is 598 g/mol. The van der Waals surface area contributed by atoms with Crippen LogP contribution in [0.5, 0.6) is 11.5 Å². The zero-order chi connectivity index (χ0) is 31.1. The van der Waals surface area contributed by atoms with E-state index in [-0.39, 0.29) is 29.2 Å². The van der Waals surface area contributed by atoms with E-state index >= 15 is 0 Å². The number of pyridine rings is 2. The molecule has 0 spiro atoms. The van der Waals surface area contributed by atoms with Gasteiger partial charge >= 0.3 is 11.9 Å². The van der Waals surface area contributed by atoms with Gasteiger partial charge in [0, 0.05) is 23.2 Å². The molecule has 2 aromatic heterocycles. The van der Waals surface area contributed by atoms with Crippen LogP contribution in [0.1, 0.15) is 128 Å². The SMILES string of the molecule is CCOC(=O)c1cnc2ccc(C3CCCCCC3)cc2c1O.O=C(O)c1cnc2ccc(C3CCCCCC3)cc2c1O. The highest BCUT2D eigenvalue weighted by atomic mass is 16.5. The standard InChI is InChI=1S/C19H23NO3.C17H19NO3/c1-2-23-19(22)16-12-20-17-10-9-14(11-15(17)18(16)21)13-7-5-3-4-6-8-13;19-16-13-9-12(11-5-3-1-2-4-6-11)7-8-15(13)18-10-14(16)17(20)21/h9-13H,2-8H2,1H3,(H,20,21);7-11H,1-6H2,(H,18,19)(H,20,21). The Hall–Kier alpha value is -4.20. The highest BCUT2D eigenvalue weighted by Gasteiger charge is 2.20. The largest absolute Gasteiger partial charge is 0.506 e. The topological polar surface area (TPSA) is 130 Å². The minimum absolute atomic E-state index is 0.0241. The summed E-state index contributed by atoms with van der Waals surface area (Å²) < 4.78 is 4.98. The molecule has 2 aliphatic rings. The molecule has 232 valence electrons. The number of aromatic hydroxyl groups is 2. The van der Waals surface area contributed by atoms with E-state index in [9.17, 15) is 19.8 Å². The van der Waals surface area contributed by atoms with Gasteiger partial charge in [-0.15, -0.1) is 0 Å². The molecule has 0 unspecified atom stereocenters. The second kappa shape index (κ2) is 14.5. The van der Waals surface area contributed by atoms with Crippen LogP contribution in [-0.2, 0) is 4.74 Å². The lowest BCUT2D eigenvalue weighted by Gasteiger charge is -2.15. The number of carbonyl (C=O) groups excluding carboxylic acids is 1. The number of carboxylic acid groups (broad SMARTS) is 1. The van der Waals surface area contributed by atoms with Gasteiger partial charge in [0.2, 0.25) is 0 Å². The Morgan fingerprint density at radius 2 is 1.14 bits per heavy atom. The highest BCUT2D eigenvalue weighted by molar-refractivity contribution is 6.00. The van der Waals surface area contributed by atoms with Gasteiger partial charge in [-0.3, -0.25) is 9.97 Å². The van der Waals surface area contributed by atoms with Crippen molar-refractivity contribution in [3.05, 3.63) is 71.0 Å². The fraction of sp³-hybridized carbons (Fsp3) is 0.444. The predicted molar refractivity (Wildman–Crippen MR) is 171 cm³/mol. The molecular formula is C36H42N2O6. The fourth-order valence-electron chi connectivity index (χ4n) is 6.64. The maximum Gasteiger partial charge on any atom is 0.343 e. The van der Waals surface area contributed by atoms with Gasteiger partial charge in [0.25, 0.3) is 0 Å². The first-order valence-corrected chi connectivity index (χ1v) is 16.0. The molecule has 0 saturated heterocycles. The van der Waals surface area contributed by atoms with E-state index in [4.69, 9.17) is 9.84 Å². The maximum atomic E-state index is 11.9. The van der Waals surface area contributed by atoms with Crippen LogP contribution in [0.15, 0.2) is 48.8 Å². The Bertz CT molecular complexity index is 1620. The molecule has 2 saturated carbocycles. The molecule has 2 fully saturated rings. The predicted octanol–water partition coefficient (Wildman–Crippen LogP) is 8.63. The summed E-state index contributed by atoms with van der Waals surface area (Å²) in [6, 6.07) is 11.9. The number of hydrogen-bond donors (Lipinski definition) is 3. The maximum absolute atomic E-state index is 11.9. The van der Waals surface area contributed by atoms with Crippen LogP contribution in [0.25, 0.3) is 21.8 Å². The van der Waals surface area contributed by atoms with E-state index in [2.05, 4.69) is 22.1 Å². The van der Waals surface area contributed by atoms with Crippen LogP contribution >= 0.6 is 0 Å². The van der Waals surface area contributed by atoms with Gasteiger partial charge in [0.15, 0.2) is 0 Å². The smallest absolute Gasteiger partial charge is 0.343 e. The number of carbonyl (C=O) groups is 2. The summed E-state index contributed by atoms with van der Waals surface area (Å²) in [5.74, 6) is -0.842. The number of aromatic nitrogens is 2. The molecule has 8 nitrogen and oxygen atoms in total. The summed E-state index contributed by atoms with van der Waals surface area (Å²) in [6.45, 7) is 2.02. The van der Waals surface area contributed by atoms with E-state index in [1.165, 1.54) is 87.7 Å². The van der Waals surface area contributed by atoms with Crippen molar-refractivity contribution in [3.8, 4) is 11.5 Å². The third-order valence-corrected chi connectivity index (χ3v) is 9.11. The number of carboxylic acids is 1. The molecule has 6 rings (SSSR count). The van der Waals surface area contributed by atoms with Crippen molar-refractivity contribution in [3.63, 3.8) is 0 Å². The molecule has 44 heavy (non-hydrogen) atoms. The average Bonchev–Trinajstić information content (AvgIpc) is 3.48. The van der Waals surface area contributed by atoms with Crippen LogP contribution in [-0.4, -0.2) is 43.8 Å². The lowest BCUT2D eigenvalue weighted by Crippen LogP contribution is -2.06. The van der Waals surface area contributed by atoms with E-state index in [0.717, 1.165) is 12.8 Å². The first kappa shape index (κ1) is 31.2. The molecule has 3 N–H and O–H groups in total. The van der Waals surface area contributed by atoms with E-state index in [0.29, 0.717) is 33.6 Å². The molecule has 2 heterocycles. The average molecular weight is 599 g/mol. The third kappa shape index (κ3) is 7.12. The van der Waals surface area contributed by atoms with Crippen LogP contribution in [0.2, 0.25) is 0 Å². The molecular weight excluding hydrogens is 556 g/mol. The molecule has 4 aromatic rings. The number of hydrogen-bond acceptors (Lipinski definition) is 7. The van der Waals surface area contributed by atoms with Gasteiger partial charge in [0.05, 0.1) is 17.6 Å². The highest BCUT2D eigenvalue weighted by Crippen LogP contribution is 2.37. The summed E-state index contributed by atoms with van der Waals surface area (Å²) in [6.07, 6.45) is 17.5. The van der Waals surface area contributed by atoms with Gasteiger partial charge < -0.3 is 20.1 Å². The van der Waals surface area contributed by atoms with Gasteiger partial charge in [0.1, 0.15) is 22.6 Å². The van der Waals surface area contributed by atoms with Gasteiger partial charge in [-0.25, -0.2) is 9.59 Å². The number of benzene rings is 2. The van der Waals surface area contributed by atoms with Crippen molar-refractivity contribution in [2.24, 2.45) is 0 Å². The molecule has 0 atom stereocenters. The zero-order valence-corrected chi connectivity index (χ0v) is 25.4. The van der Waals surface area contributed by atoms with Crippen molar-refractivity contribution in [1.29, 1.82) is 0 Å². The number of aromatic carboxylic acids is 1. The molecule has 0 radical (unpaired) electrons. The number of ether oxygens (including phenoxy) is 1. The first-order valence-electron chi connectivity index (χ1n) is 16.0. The van der Waals surface area contributed by atoms with Crippen LogP contribution in [0.4, 0.5) is 0 Å². The lowest BCUT2D eigenvalue weighted by molar-refractivity contribution is 0.0522. The van der Waals surface area contributed by atoms with E-state index in [1.54, 1.807) is 6.92 Å². The second-order valence-corrected chi connectivity index (χ2v) is 12.0. The van der Waals surface area contributed by atoms with Crippen molar-refractivity contribution >= 4 is 33.7 Å². The zero-order valence-electron chi connectivity index (χ0n) is 25.4. The van der Waals surface area contributed by atoms with Gasteiger partial charge in [-0.2, -0.15) is 0 Å². The lowest BCUT2D eigenvalue weighted by atomic mass is 9.90. The van der Waals surface area contributed by atoms with E-state index < -0.39 is 11.9 Å². The van der Waals surface area contributed by atoms with Gasteiger partial charge in [-0.05, 0) is 79.8 Å². The Labute approximate surface area is 258 Å². The number of rotatable bonds is 5. The third-order valence-electron chi connectivity index (χ3n) is 9.11. The molecule has 0 aliphatic heterocycles. The summed E-state index contributed by atoms with van der Waals surface area (Å²) in [5, 5.41) is 30.9.